The van der Waals surface area contributed by atoms with Crippen molar-refractivity contribution < 1.29 is 36.1 Å². The number of aryl methyl sites for hydroxylation is 1. The zero-order valence-corrected chi connectivity index (χ0v) is 15.4. The van der Waals surface area contributed by atoms with Crippen LogP contribution in [0.4, 0.5) is 14.5 Å². The summed E-state index contributed by atoms with van der Waals surface area (Å²) in [5.41, 5.74) is 0.150. The van der Waals surface area contributed by atoms with Crippen LogP contribution in [0.5, 0.6) is 0 Å². The molecule has 0 fully saturated rings. The van der Waals surface area contributed by atoms with E-state index in [4.69, 9.17) is 14.1 Å². The second-order valence-corrected chi connectivity index (χ2v) is 7.12. The molecular weight excluding hydrogens is 410 g/mol. The highest BCUT2D eigenvalue weighted by atomic mass is 32.2. The Morgan fingerprint density at radius 3 is 2.52 bits per heavy atom. The summed E-state index contributed by atoms with van der Waals surface area (Å²) in [7, 11) is -4.67. The number of anilines is 1. The molecule has 29 heavy (non-hydrogen) atoms. The second kappa shape index (κ2) is 7.97. The van der Waals surface area contributed by atoms with E-state index in [0.717, 1.165) is 12.1 Å². The fourth-order valence-corrected chi connectivity index (χ4v) is 3.03. The van der Waals surface area contributed by atoms with E-state index in [1.54, 1.807) is 10.8 Å². The van der Waals surface area contributed by atoms with Gasteiger partial charge in [0.1, 0.15) is 17.3 Å². The van der Waals surface area contributed by atoms with E-state index in [1.807, 2.05) is 0 Å². The summed E-state index contributed by atoms with van der Waals surface area (Å²) in [6.45, 7) is 0. The highest BCUT2D eigenvalue weighted by molar-refractivity contribution is 7.87. The van der Waals surface area contributed by atoms with Crippen molar-refractivity contribution in [3.05, 3.63) is 60.0 Å². The smallest absolute Gasteiger partial charge is 0.357 e. The third-order valence-electron chi connectivity index (χ3n) is 3.79. The van der Waals surface area contributed by atoms with Crippen LogP contribution in [0, 0.1) is 11.6 Å². The van der Waals surface area contributed by atoms with Crippen LogP contribution >= 0.6 is 0 Å². The molecule has 3 rings (SSSR count). The highest BCUT2D eigenvalue weighted by Gasteiger charge is 2.20. The number of oxazole rings is 1. The molecule has 0 amide bonds. The lowest BCUT2D eigenvalue weighted by molar-refractivity contribution is -0.137. The predicted octanol–water partition coefficient (Wildman–Crippen LogP) is 3.52. The third-order valence-corrected chi connectivity index (χ3v) is 4.27. The number of aromatic nitrogens is 1. The van der Waals surface area contributed by atoms with E-state index in [1.165, 1.54) is 24.3 Å². The Kier molecular flexibility index (Phi) is 5.62. The van der Waals surface area contributed by atoms with Crippen molar-refractivity contribution >= 4 is 22.0 Å². The van der Waals surface area contributed by atoms with Crippen molar-refractivity contribution in [2.45, 2.75) is 12.8 Å². The maximum atomic E-state index is 14.3. The van der Waals surface area contributed by atoms with Crippen molar-refractivity contribution in [3.63, 3.8) is 0 Å². The van der Waals surface area contributed by atoms with Crippen LogP contribution in [0.15, 0.2) is 46.9 Å². The van der Waals surface area contributed by atoms with Gasteiger partial charge in [0.25, 0.3) is 0 Å². The zero-order chi connectivity index (χ0) is 21.2. The molecule has 152 valence electrons. The third kappa shape index (κ3) is 5.15. The molecule has 1 heterocycles. The molecule has 3 N–H and O–H groups in total. The standard InChI is InChI=1S/C18H14F2N2O6S/c19-12-3-1-2-10(8-12)17-18(28-15(21-17)6-7-16(23)24)11-4-5-14(13(20)9-11)22-29(25,26)27/h1-5,8-9,22H,6-7H2,(H,23,24)(H,25,26,27). The van der Waals surface area contributed by atoms with Crippen molar-refractivity contribution in [1.29, 1.82) is 0 Å². The topological polar surface area (TPSA) is 130 Å². The Morgan fingerprint density at radius 2 is 1.90 bits per heavy atom. The lowest BCUT2D eigenvalue weighted by Crippen LogP contribution is -2.11. The van der Waals surface area contributed by atoms with Gasteiger partial charge >= 0.3 is 16.3 Å². The second-order valence-electron chi connectivity index (χ2n) is 5.96. The van der Waals surface area contributed by atoms with E-state index in [9.17, 15) is 22.0 Å². The summed E-state index contributed by atoms with van der Waals surface area (Å²) in [5, 5.41) is 8.84. The first kappa shape index (κ1) is 20.4. The van der Waals surface area contributed by atoms with Gasteiger partial charge in [0, 0.05) is 17.5 Å². The van der Waals surface area contributed by atoms with Crippen molar-refractivity contribution in [2.75, 3.05) is 4.72 Å². The summed E-state index contributed by atoms with van der Waals surface area (Å²) < 4.78 is 65.7. The first-order chi connectivity index (χ1) is 13.6. The number of aliphatic carboxylic acids is 1. The van der Waals surface area contributed by atoms with Gasteiger partial charge in [-0.15, -0.1) is 0 Å². The molecule has 0 saturated carbocycles. The largest absolute Gasteiger partial charge is 0.481 e. The molecule has 0 saturated heterocycles. The van der Waals surface area contributed by atoms with Crippen LogP contribution in [-0.4, -0.2) is 29.0 Å². The fraction of sp³-hybridized carbons (Fsp3) is 0.111. The SMILES string of the molecule is O=C(O)CCc1nc(-c2cccc(F)c2)c(-c2ccc(NS(=O)(=O)O)c(F)c2)o1. The average molecular weight is 424 g/mol. The summed E-state index contributed by atoms with van der Waals surface area (Å²) in [6.07, 6.45) is -0.295. The van der Waals surface area contributed by atoms with Crippen molar-refractivity contribution in [1.82, 2.24) is 4.98 Å². The van der Waals surface area contributed by atoms with Gasteiger partial charge in [-0.2, -0.15) is 8.42 Å². The fourth-order valence-electron chi connectivity index (χ4n) is 2.59. The van der Waals surface area contributed by atoms with Crippen LogP contribution in [0.1, 0.15) is 12.3 Å². The van der Waals surface area contributed by atoms with Gasteiger partial charge < -0.3 is 9.52 Å². The van der Waals surface area contributed by atoms with Gasteiger partial charge in [0.05, 0.1) is 12.1 Å². The van der Waals surface area contributed by atoms with Gasteiger partial charge in [0.15, 0.2) is 11.7 Å². The minimum absolute atomic E-state index is 0.0392. The summed E-state index contributed by atoms with van der Waals surface area (Å²) in [6, 6.07) is 8.72. The minimum Gasteiger partial charge on any atom is -0.481 e. The van der Waals surface area contributed by atoms with E-state index in [-0.39, 0.29) is 35.7 Å². The van der Waals surface area contributed by atoms with Crippen LogP contribution in [-0.2, 0) is 21.5 Å². The number of rotatable bonds is 7. The Bertz CT molecular complexity index is 1180. The minimum atomic E-state index is -4.67. The molecule has 0 aliphatic heterocycles. The zero-order valence-electron chi connectivity index (χ0n) is 14.6. The number of hydrogen-bond acceptors (Lipinski definition) is 5. The molecule has 0 spiro atoms. The predicted molar refractivity (Wildman–Crippen MR) is 98.4 cm³/mol. The quantitative estimate of drug-likeness (QED) is 0.495. The molecule has 0 aliphatic rings. The molecule has 0 aliphatic carbocycles. The summed E-state index contributed by atoms with van der Waals surface area (Å²) >= 11 is 0. The molecule has 3 aromatic rings. The summed E-state index contributed by atoms with van der Waals surface area (Å²) in [4.78, 5) is 15.0. The first-order valence-electron chi connectivity index (χ1n) is 8.15. The molecule has 0 radical (unpaired) electrons. The van der Waals surface area contributed by atoms with Gasteiger partial charge in [0.2, 0.25) is 0 Å². The number of carboxylic acids is 1. The van der Waals surface area contributed by atoms with Crippen LogP contribution in [0.2, 0.25) is 0 Å². The van der Waals surface area contributed by atoms with Crippen molar-refractivity contribution in [2.24, 2.45) is 0 Å². The number of carbonyl (C=O) groups is 1. The van der Waals surface area contributed by atoms with E-state index < -0.39 is 33.6 Å². The molecular formula is C18H14F2N2O6S. The normalized spacial score (nSPS) is 11.4. The lowest BCUT2D eigenvalue weighted by Gasteiger charge is -2.06. The maximum absolute atomic E-state index is 14.3. The molecule has 11 heteroatoms. The first-order valence-corrected chi connectivity index (χ1v) is 9.59. The molecule has 0 bridgehead atoms. The van der Waals surface area contributed by atoms with Gasteiger partial charge in [-0.25, -0.2) is 13.8 Å². The molecule has 0 unspecified atom stereocenters. The number of carboxylic acid groups (broad SMARTS) is 1. The molecule has 2 aromatic carbocycles. The van der Waals surface area contributed by atoms with Gasteiger partial charge in [-0.3, -0.25) is 14.1 Å². The molecule has 8 nitrogen and oxygen atoms in total. The summed E-state index contributed by atoms with van der Waals surface area (Å²) in [5.74, 6) is -2.50. The monoisotopic (exact) mass is 424 g/mol. The maximum Gasteiger partial charge on any atom is 0.357 e. The van der Waals surface area contributed by atoms with Crippen LogP contribution < -0.4 is 4.72 Å². The number of hydrogen-bond donors (Lipinski definition) is 3. The average Bonchev–Trinajstić information content (AvgIpc) is 3.05. The Balaban J connectivity index is 2.07. The van der Waals surface area contributed by atoms with Crippen LogP contribution in [0.25, 0.3) is 22.6 Å². The number of halogens is 2. The van der Waals surface area contributed by atoms with Gasteiger partial charge in [-0.05, 0) is 30.3 Å². The lowest BCUT2D eigenvalue weighted by atomic mass is 10.1. The Hall–Kier alpha value is -3.31. The Morgan fingerprint density at radius 1 is 1.14 bits per heavy atom. The number of benzene rings is 2. The van der Waals surface area contributed by atoms with Gasteiger partial charge in [-0.1, -0.05) is 12.1 Å². The molecule has 0 atom stereocenters. The van der Waals surface area contributed by atoms with E-state index >= 15 is 0 Å². The van der Waals surface area contributed by atoms with E-state index in [2.05, 4.69) is 4.98 Å². The van der Waals surface area contributed by atoms with Crippen LogP contribution in [0.3, 0.4) is 0 Å². The highest BCUT2D eigenvalue weighted by Crippen LogP contribution is 2.34. The number of nitrogens with one attached hydrogen (secondary N) is 1. The Labute approximate surface area is 163 Å². The van der Waals surface area contributed by atoms with Crippen molar-refractivity contribution in [3.8, 4) is 22.6 Å². The molecule has 1 aromatic heterocycles. The number of nitrogens with zero attached hydrogens (tertiary/aromatic N) is 1. The van der Waals surface area contributed by atoms with E-state index in [0.29, 0.717) is 5.56 Å².